The van der Waals surface area contributed by atoms with E-state index in [9.17, 15) is 0 Å². The highest BCUT2D eigenvalue weighted by Crippen LogP contribution is 2.38. The van der Waals surface area contributed by atoms with Gasteiger partial charge in [0.15, 0.2) is 0 Å². The number of hydrogen-bond donors (Lipinski definition) is 1. The van der Waals surface area contributed by atoms with Crippen molar-refractivity contribution in [3.05, 3.63) is 0 Å². The maximum Gasteiger partial charge on any atom is 0.0335 e. The molecule has 3 heteroatoms. The van der Waals surface area contributed by atoms with Crippen molar-refractivity contribution in [2.45, 2.75) is 64.0 Å². The van der Waals surface area contributed by atoms with Gasteiger partial charge in [-0.1, -0.05) is 13.8 Å². The fourth-order valence-electron chi connectivity index (χ4n) is 4.13. The fourth-order valence-corrected chi connectivity index (χ4v) is 4.13. The van der Waals surface area contributed by atoms with Crippen molar-refractivity contribution in [1.29, 1.82) is 0 Å². The Balaban J connectivity index is 2.14. The molecule has 1 saturated carbocycles. The zero-order valence-electron chi connectivity index (χ0n) is 13.2. The Morgan fingerprint density at radius 2 is 1.89 bits per heavy atom. The zero-order valence-corrected chi connectivity index (χ0v) is 13.2. The van der Waals surface area contributed by atoms with Crippen LogP contribution in [0, 0.1) is 5.92 Å². The minimum atomic E-state index is 0.304. The summed E-state index contributed by atoms with van der Waals surface area (Å²) in [6, 6.07) is 0.699. The van der Waals surface area contributed by atoms with E-state index in [1.54, 1.807) is 0 Å². The molecule has 19 heavy (non-hydrogen) atoms. The van der Waals surface area contributed by atoms with E-state index in [0.29, 0.717) is 11.6 Å². The molecule has 1 heterocycles. The van der Waals surface area contributed by atoms with Crippen LogP contribution in [0.3, 0.4) is 0 Å². The highest BCUT2D eigenvalue weighted by atomic mass is 15.3. The van der Waals surface area contributed by atoms with Gasteiger partial charge in [-0.25, -0.2) is 0 Å². The number of nitrogens with zero attached hydrogens (tertiary/aromatic N) is 2. The lowest BCUT2D eigenvalue weighted by molar-refractivity contribution is 0.00956. The van der Waals surface area contributed by atoms with Gasteiger partial charge in [-0.15, -0.1) is 0 Å². The second-order valence-electron chi connectivity index (χ2n) is 6.98. The third-order valence-corrected chi connectivity index (χ3v) is 5.57. The summed E-state index contributed by atoms with van der Waals surface area (Å²) in [6.07, 6.45) is 7.89. The molecule has 3 nitrogen and oxygen atoms in total. The standard InChI is InChI=1S/C16H33N3/c1-4-15-12-18(3)10-5-11-19(15)16(13-17)8-6-14(2)7-9-16/h14-15H,4-13,17H2,1-3H3. The summed E-state index contributed by atoms with van der Waals surface area (Å²) in [5, 5.41) is 0. The highest BCUT2D eigenvalue weighted by molar-refractivity contribution is 4.99. The van der Waals surface area contributed by atoms with Gasteiger partial charge in [0.05, 0.1) is 0 Å². The summed E-state index contributed by atoms with van der Waals surface area (Å²) < 4.78 is 0. The molecule has 1 atom stereocenters. The molecule has 1 aliphatic heterocycles. The molecule has 1 unspecified atom stereocenters. The van der Waals surface area contributed by atoms with Crippen LogP contribution >= 0.6 is 0 Å². The van der Waals surface area contributed by atoms with Crippen LogP contribution in [0.5, 0.6) is 0 Å². The monoisotopic (exact) mass is 267 g/mol. The summed E-state index contributed by atoms with van der Waals surface area (Å²) in [5.41, 5.74) is 6.57. The minimum absolute atomic E-state index is 0.304. The van der Waals surface area contributed by atoms with Gasteiger partial charge in [-0.3, -0.25) is 4.90 Å². The molecule has 0 aromatic carbocycles. The highest BCUT2D eigenvalue weighted by Gasteiger charge is 2.41. The van der Waals surface area contributed by atoms with Gasteiger partial charge in [0.1, 0.15) is 0 Å². The van der Waals surface area contributed by atoms with Crippen molar-refractivity contribution >= 4 is 0 Å². The average Bonchev–Trinajstić information content (AvgIpc) is 2.62. The summed E-state index contributed by atoms with van der Waals surface area (Å²) in [5.74, 6) is 0.898. The van der Waals surface area contributed by atoms with Crippen molar-refractivity contribution in [2.75, 3.05) is 33.2 Å². The minimum Gasteiger partial charge on any atom is -0.329 e. The second kappa shape index (κ2) is 6.55. The maximum atomic E-state index is 6.26. The number of nitrogens with two attached hydrogens (primary N) is 1. The van der Waals surface area contributed by atoms with Crippen LogP contribution in [0.1, 0.15) is 52.4 Å². The Hall–Kier alpha value is -0.120. The normalized spacial score (nSPS) is 39.2. The first-order chi connectivity index (χ1) is 9.11. The zero-order chi connectivity index (χ0) is 13.9. The Kier molecular flexibility index (Phi) is 5.27. The Morgan fingerprint density at radius 3 is 2.47 bits per heavy atom. The molecule has 1 saturated heterocycles. The molecule has 2 rings (SSSR count). The van der Waals surface area contributed by atoms with Crippen LogP contribution in [0.15, 0.2) is 0 Å². The third-order valence-electron chi connectivity index (χ3n) is 5.57. The second-order valence-corrected chi connectivity index (χ2v) is 6.98. The van der Waals surface area contributed by atoms with E-state index in [1.165, 1.54) is 58.2 Å². The van der Waals surface area contributed by atoms with Crippen molar-refractivity contribution in [3.63, 3.8) is 0 Å². The Labute approximate surface area is 119 Å². The smallest absolute Gasteiger partial charge is 0.0335 e. The summed E-state index contributed by atoms with van der Waals surface area (Å²) >= 11 is 0. The molecule has 2 fully saturated rings. The van der Waals surface area contributed by atoms with Crippen LogP contribution in [-0.2, 0) is 0 Å². The molecular weight excluding hydrogens is 234 g/mol. The number of likely N-dealkylation sites (N-methyl/N-ethyl adjacent to an activating group) is 1. The van der Waals surface area contributed by atoms with E-state index in [1.807, 2.05) is 0 Å². The van der Waals surface area contributed by atoms with E-state index in [0.717, 1.165) is 12.5 Å². The Morgan fingerprint density at radius 1 is 1.21 bits per heavy atom. The first-order valence-electron chi connectivity index (χ1n) is 8.26. The summed E-state index contributed by atoms with van der Waals surface area (Å²) in [4.78, 5) is 5.31. The van der Waals surface area contributed by atoms with Crippen molar-refractivity contribution < 1.29 is 0 Å². The number of rotatable bonds is 3. The van der Waals surface area contributed by atoms with E-state index in [2.05, 4.69) is 30.7 Å². The van der Waals surface area contributed by atoms with Gasteiger partial charge >= 0.3 is 0 Å². The van der Waals surface area contributed by atoms with Crippen molar-refractivity contribution in [1.82, 2.24) is 9.80 Å². The molecule has 0 aromatic rings. The molecule has 1 aliphatic carbocycles. The quantitative estimate of drug-likeness (QED) is 0.852. The maximum absolute atomic E-state index is 6.26. The van der Waals surface area contributed by atoms with Gasteiger partial charge in [0.25, 0.3) is 0 Å². The van der Waals surface area contributed by atoms with Gasteiger partial charge in [0.2, 0.25) is 0 Å². The van der Waals surface area contributed by atoms with E-state index >= 15 is 0 Å². The van der Waals surface area contributed by atoms with E-state index < -0.39 is 0 Å². The summed E-state index contributed by atoms with van der Waals surface area (Å²) in [6.45, 7) is 9.28. The first kappa shape index (κ1) is 15.3. The van der Waals surface area contributed by atoms with Crippen LogP contribution < -0.4 is 5.73 Å². The van der Waals surface area contributed by atoms with Gasteiger partial charge in [-0.2, -0.15) is 0 Å². The lowest BCUT2D eigenvalue weighted by atomic mass is 9.75. The molecule has 0 aromatic heterocycles. The third kappa shape index (κ3) is 3.32. The van der Waals surface area contributed by atoms with E-state index in [4.69, 9.17) is 5.73 Å². The van der Waals surface area contributed by atoms with Crippen LogP contribution in [0.25, 0.3) is 0 Å². The predicted octanol–water partition coefficient (Wildman–Crippen LogP) is 2.31. The van der Waals surface area contributed by atoms with Crippen LogP contribution in [0.4, 0.5) is 0 Å². The molecule has 2 N–H and O–H groups in total. The average molecular weight is 267 g/mol. The molecule has 0 radical (unpaired) electrons. The van der Waals surface area contributed by atoms with Crippen LogP contribution in [-0.4, -0.2) is 54.6 Å². The lowest BCUT2D eigenvalue weighted by Gasteiger charge is -2.50. The molecule has 0 bridgehead atoms. The van der Waals surface area contributed by atoms with Gasteiger partial charge in [-0.05, 0) is 58.0 Å². The molecule has 112 valence electrons. The SMILES string of the molecule is CCC1CN(C)CCCN1C1(CN)CCC(C)CC1. The Bertz CT molecular complexity index is 271. The first-order valence-corrected chi connectivity index (χ1v) is 8.26. The fraction of sp³-hybridized carbons (Fsp3) is 1.00. The van der Waals surface area contributed by atoms with Gasteiger partial charge in [0, 0.05) is 31.2 Å². The molecular formula is C16H33N3. The largest absolute Gasteiger partial charge is 0.329 e. The van der Waals surface area contributed by atoms with E-state index in [-0.39, 0.29) is 0 Å². The lowest BCUT2D eigenvalue weighted by Crippen LogP contribution is -2.60. The molecule has 0 spiro atoms. The topological polar surface area (TPSA) is 32.5 Å². The summed E-state index contributed by atoms with van der Waals surface area (Å²) in [7, 11) is 2.27. The molecule has 0 amide bonds. The van der Waals surface area contributed by atoms with Crippen LogP contribution in [0.2, 0.25) is 0 Å². The van der Waals surface area contributed by atoms with Crippen molar-refractivity contribution in [3.8, 4) is 0 Å². The van der Waals surface area contributed by atoms with Gasteiger partial charge < -0.3 is 10.6 Å². The number of hydrogen-bond acceptors (Lipinski definition) is 3. The predicted molar refractivity (Wildman–Crippen MR) is 82.3 cm³/mol. The van der Waals surface area contributed by atoms with Crippen molar-refractivity contribution in [2.24, 2.45) is 11.7 Å². The molecule has 2 aliphatic rings.